The van der Waals surface area contributed by atoms with Crippen LogP contribution in [0.25, 0.3) is 5.20 Å². The second kappa shape index (κ2) is 4.46. The van der Waals surface area contributed by atoms with Crippen molar-refractivity contribution in [3.63, 3.8) is 0 Å². The van der Waals surface area contributed by atoms with E-state index in [2.05, 4.69) is 38.8 Å². The summed E-state index contributed by atoms with van der Waals surface area (Å²) in [6, 6.07) is 8.13. The molecule has 1 aromatic rings. The Hall–Kier alpha value is -1.14. The molecule has 0 unspecified atom stereocenters. The fourth-order valence-corrected chi connectivity index (χ4v) is 9.36. The molecule has 0 saturated carbocycles. The molecule has 102 valence electrons. The highest BCUT2D eigenvalue weighted by Gasteiger charge is 2.44. The van der Waals surface area contributed by atoms with Gasteiger partial charge in [-0.2, -0.15) is 0 Å². The fourth-order valence-electron chi connectivity index (χ4n) is 2.93. The number of carbonyl (C=O) groups excluding carboxylic acids is 1. The van der Waals surface area contributed by atoms with Gasteiger partial charge >= 0.3 is 0 Å². The molecule has 0 atom stereocenters. The minimum atomic E-state index is -2.02. The van der Waals surface area contributed by atoms with E-state index < -0.39 is 16.4 Å². The molecule has 0 fully saturated rings. The fraction of sp³-hybridized carbons (Fsp3) is 0.400. The Labute approximate surface area is 117 Å². The van der Waals surface area contributed by atoms with Gasteiger partial charge in [0.1, 0.15) is 5.75 Å². The molecule has 0 spiro atoms. The highest BCUT2D eigenvalue weighted by molar-refractivity contribution is 6.98. The van der Waals surface area contributed by atoms with Gasteiger partial charge in [-0.15, -0.1) is 0 Å². The molecule has 0 bridgehead atoms. The number of fused-ring (bicyclic) bond motifs is 1. The molecule has 0 aliphatic carbocycles. The highest BCUT2D eigenvalue weighted by atomic mass is 28.4. The van der Waals surface area contributed by atoms with Crippen LogP contribution in [0, 0.1) is 0 Å². The van der Waals surface area contributed by atoms with E-state index in [0.717, 1.165) is 16.5 Å². The molecule has 0 N–H and O–H groups in total. The van der Waals surface area contributed by atoms with Crippen LogP contribution in [0.1, 0.15) is 12.5 Å². The zero-order valence-electron chi connectivity index (χ0n) is 12.6. The Morgan fingerprint density at radius 1 is 1.16 bits per heavy atom. The van der Waals surface area contributed by atoms with E-state index in [9.17, 15) is 4.79 Å². The summed E-state index contributed by atoms with van der Waals surface area (Å²) in [4.78, 5) is 12.2. The van der Waals surface area contributed by atoms with Gasteiger partial charge in [-0.25, -0.2) is 0 Å². The molecule has 1 aliphatic rings. The molecular weight excluding hydrogens is 268 g/mol. The SMILES string of the molecule is CC(=O)/C(=C1/c2ccccc2O[Si]1(C)C)[Si](C)(C)C. The number of para-hydroxylation sites is 1. The summed E-state index contributed by atoms with van der Waals surface area (Å²) in [5, 5.41) is 2.30. The van der Waals surface area contributed by atoms with Crippen molar-refractivity contribution < 1.29 is 9.22 Å². The van der Waals surface area contributed by atoms with Gasteiger partial charge in [0.15, 0.2) is 5.78 Å². The van der Waals surface area contributed by atoms with Gasteiger partial charge in [0, 0.05) is 5.56 Å². The van der Waals surface area contributed by atoms with Crippen molar-refractivity contribution in [1.82, 2.24) is 0 Å². The number of allylic oxidation sites excluding steroid dienone is 1. The number of rotatable bonds is 2. The molecule has 0 amide bonds. The molecule has 1 aliphatic heterocycles. The third-order valence-corrected chi connectivity index (χ3v) is 8.28. The van der Waals surface area contributed by atoms with Crippen LogP contribution in [0.2, 0.25) is 32.7 Å². The van der Waals surface area contributed by atoms with E-state index in [4.69, 9.17) is 4.43 Å². The van der Waals surface area contributed by atoms with Gasteiger partial charge in [0.05, 0.1) is 8.07 Å². The van der Waals surface area contributed by atoms with E-state index in [1.807, 2.05) is 18.2 Å². The Morgan fingerprint density at radius 2 is 1.74 bits per heavy atom. The van der Waals surface area contributed by atoms with Crippen molar-refractivity contribution in [3.05, 3.63) is 35.0 Å². The summed E-state index contributed by atoms with van der Waals surface area (Å²) in [7, 11) is -3.70. The third-order valence-electron chi connectivity index (χ3n) is 3.48. The van der Waals surface area contributed by atoms with Crippen molar-refractivity contribution in [1.29, 1.82) is 0 Å². The lowest BCUT2D eigenvalue weighted by Crippen LogP contribution is -2.38. The maximum Gasteiger partial charge on any atom is 0.277 e. The number of ketones is 1. The molecule has 1 heterocycles. The summed E-state index contributed by atoms with van der Waals surface area (Å²) < 4.78 is 6.18. The van der Waals surface area contributed by atoms with E-state index >= 15 is 0 Å². The van der Waals surface area contributed by atoms with Gasteiger partial charge in [-0.1, -0.05) is 37.8 Å². The van der Waals surface area contributed by atoms with E-state index in [0.29, 0.717) is 0 Å². The standard InChI is InChI=1S/C15H22O2Si2/c1-11(16)14(18(2,3)4)15-12-9-7-8-10-13(12)17-19(15,5)6/h7-10H,1-6H3/b15-14+. The third kappa shape index (κ3) is 2.47. The van der Waals surface area contributed by atoms with Crippen LogP contribution in [0.3, 0.4) is 0 Å². The first-order valence-electron chi connectivity index (χ1n) is 6.69. The Balaban J connectivity index is 2.80. The first kappa shape index (κ1) is 14.3. The second-order valence-electron chi connectivity index (χ2n) is 6.66. The van der Waals surface area contributed by atoms with Crippen LogP contribution < -0.4 is 4.43 Å². The lowest BCUT2D eigenvalue weighted by molar-refractivity contribution is -0.113. The van der Waals surface area contributed by atoms with Gasteiger partial charge in [-0.3, -0.25) is 4.79 Å². The van der Waals surface area contributed by atoms with Gasteiger partial charge in [0.2, 0.25) is 0 Å². The van der Waals surface area contributed by atoms with E-state index in [1.54, 1.807) is 6.92 Å². The predicted molar refractivity (Wildman–Crippen MR) is 85.5 cm³/mol. The van der Waals surface area contributed by atoms with E-state index in [-0.39, 0.29) is 5.78 Å². The number of benzene rings is 1. The van der Waals surface area contributed by atoms with Crippen LogP contribution in [-0.2, 0) is 4.79 Å². The smallest absolute Gasteiger partial charge is 0.277 e. The maximum absolute atomic E-state index is 12.2. The first-order valence-corrected chi connectivity index (χ1v) is 13.1. The number of hydrogen-bond donors (Lipinski definition) is 0. The van der Waals surface area contributed by atoms with Crippen LogP contribution >= 0.6 is 0 Å². The largest absolute Gasteiger partial charge is 0.539 e. The minimum absolute atomic E-state index is 0.218. The monoisotopic (exact) mass is 290 g/mol. The van der Waals surface area contributed by atoms with Crippen molar-refractivity contribution >= 4 is 27.4 Å². The molecule has 0 radical (unpaired) electrons. The Kier molecular flexibility index (Phi) is 3.35. The predicted octanol–water partition coefficient (Wildman–Crippen LogP) is 4.04. The van der Waals surface area contributed by atoms with Crippen molar-refractivity contribution in [2.24, 2.45) is 0 Å². The molecule has 0 saturated heterocycles. The lowest BCUT2D eigenvalue weighted by atomic mass is 10.1. The molecule has 19 heavy (non-hydrogen) atoms. The quantitative estimate of drug-likeness (QED) is 0.607. The van der Waals surface area contributed by atoms with Crippen molar-refractivity contribution in [2.75, 3.05) is 0 Å². The second-order valence-corrected chi connectivity index (χ2v) is 15.4. The summed E-state index contributed by atoms with van der Waals surface area (Å²) in [6.07, 6.45) is 0. The topological polar surface area (TPSA) is 26.3 Å². The lowest BCUT2D eigenvalue weighted by Gasteiger charge is -2.26. The van der Waals surface area contributed by atoms with Gasteiger partial charge in [-0.05, 0) is 36.5 Å². The van der Waals surface area contributed by atoms with Crippen LogP contribution in [0.4, 0.5) is 0 Å². The molecule has 0 aromatic heterocycles. The number of carbonyl (C=O) groups is 1. The summed E-state index contributed by atoms with van der Waals surface area (Å²) in [6.45, 7) is 12.8. The molecule has 1 aromatic carbocycles. The summed E-state index contributed by atoms with van der Waals surface area (Å²) in [5.41, 5.74) is 1.15. The zero-order chi connectivity index (χ0) is 14.4. The molecule has 4 heteroatoms. The zero-order valence-corrected chi connectivity index (χ0v) is 14.6. The normalized spacial score (nSPS) is 19.7. The summed E-state index contributed by atoms with van der Waals surface area (Å²) in [5.74, 6) is 1.17. The average Bonchev–Trinajstić information content (AvgIpc) is 2.48. The molecule has 2 nitrogen and oxygen atoms in total. The molecule has 2 rings (SSSR count). The highest BCUT2D eigenvalue weighted by Crippen LogP contribution is 2.44. The average molecular weight is 291 g/mol. The van der Waals surface area contributed by atoms with Crippen molar-refractivity contribution in [3.8, 4) is 5.75 Å². The van der Waals surface area contributed by atoms with Crippen LogP contribution in [-0.4, -0.2) is 22.2 Å². The van der Waals surface area contributed by atoms with Gasteiger partial charge < -0.3 is 4.43 Å². The summed E-state index contributed by atoms with van der Waals surface area (Å²) >= 11 is 0. The van der Waals surface area contributed by atoms with Crippen LogP contribution in [0.5, 0.6) is 5.75 Å². The number of hydrogen-bond acceptors (Lipinski definition) is 2. The minimum Gasteiger partial charge on any atom is -0.539 e. The molecular formula is C15H22O2Si2. The Bertz CT molecular complexity index is 566. The van der Waals surface area contributed by atoms with Crippen LogP contribution in [0.15, 0.2) is 29.5 Å². The number of Topliss-reactive ketones (excluding diaryl/α,β-unsaturated/α-hetero) is 1. The van der Waals surface area contributed by atoms with Crippen molar-refractivity contribution in [2.45, 2.75) is 39.7 Å². The van der Waals surface area contributed by atoms with E-state index in [1.165, 1.54) is 5.20 Å². The Morgan fingerprint density at radius 3 is 2.26 bits per heavy atom. The maximum atomic E-state index is 12.2. The van der Waals surface area contributed by atoms with Gasteiger partial charge in [0.25, 0.3) is 8.32 Å². The first-order chi connectivity index (χ1) is 8.64.